The van der Waals surface area contributed by atoms with E-state index in [1.54, 1.807) is 45.0 Å². The number of alkyl halides is 3. The zero-order valence-electron chi connectivity index (χ0n) is 17.9. The molecule has 0 bridgehead atoms. The Balaban J connectivity index is 1.99. The minimum Gasteiger partial charge on any atom is -0.465 e. The highest BCUT2D eigenvalue weighted by atomic mass is 19.4. The maximum Gasteiger partial charge on any atom is 0.416 e. The van der Waals surface area contributed by atoms with Crippen molar-refractivity contribution in [2.45, 2.75) is 26.9 Å². The molecule has 1 N–H and O–H groups in total. The highest BCUT2D eigenvalue weighted by Gasteiger charge is 2.30. The van der Waals surface area contributed by atoms with E-state index in [1.165, 1.54) is 19.2 Å². The van der Waals surface area contributed by atoms with E-state index < -0.39 is 23.6 Å². The van der Waals surface area contributed by atoms with Gasteiger partial charge in [-0.1, -0.05) is 24.3 Å². The molecule has 0 aliphatic carbocycles. The summed E-state index contributed by atoms with van der Waals surface area (Å²) >= 11 is 0. The molecule has 3 aromatic rings. The van der Waals surface area contributed by atoms with Crippen LogP contribution in [0.1, 0.15) is 43.1 Å². The Labute approximate surface area is 183 Å². The number of halogens is 3. The van der Waals surface area contributed by atoms with Crippen LogP contribution in [0.3, 0.4) is 0 Å². The second kappa shape index (κ2) is 8.82. The van der Waals surface area contributed by atoms with Crippen LogP contribution < -0.4 is 5.32 Å². The first-order chi connectivity index (χ1) is 15.0. The molecule has 0 saturated heterocycles. The van der Waals surface area contributed by atoms with Crippen LogP contribution in [-0.2, 0) is 10.9 Å². The number of hydrogen-bond donors (Lipinski definition) is 1. The smallest absolute Gasteiger partial charge is 0.416 e. The van der Waals surface area contributed by atoms with Crippen molar-refractivity contribution in [2.24, 2.45) is 0 Å². The molecule has 5 nitrogen and oxygen atoms in total. The summed E-state index contributed by atoms with van der Waals surface area (Å²) in [5.41, 5.74) is 2.35. The number of methoxy groups -OCH3 is 1. The standard InChI is InChI=1S/C24H21F3N2O3/c1-13-8-10-18(23(31)32-4)15(3)20(13)29-22(30)21-14(2)9-11-19(28-21)16-6-5-7-17(12-16)24(25,26)27/h5-12H,1-4H3,(H,29,30). The van der Waals surface area contributed by atoms with Gasteiger partial charge in [-0.15, -0.1) is 0 Å². The van der Waals surface area contributed by atoms with E-state index in [0.717, 1.165) is 17.7 Å². The van der Waals surface area contributed by atoms with Crippen molar-refractivity contribution in [3.63, 3.8) is 0 Å². The molecular formula is C24H21F3N2O3. The van der Waals surface area contributed by atoms with Crippen molar-refractivity contribution in [1.29, 1.82) is 0 Å². The Hall–Kier alpha value is -3.68. The number of aryl methyl sites for hydroxylation is 2. The third-order valence-corrected chi connectivity index (χ3v) is 5.11. The Kier molecular flexibility index (Phi) is 6.34. The number of benzene rings is 2. The molecule has 0 aliphatic heterocycles. The molecule has 0 radical (unpaired) electrons. The normalized spacial score (nSPS) is 11.2. The molecule has 0 fully saturated rings. The number of nitrogens with one attached hydrogen (secondary N) is 1. The number of aromatic nitrogens is 1. The molecule has 1 aromatic heterocycles. The molecule has 32 heavy (non-hydrogen) atoms. The third-order valence-electron chi connectivity index (χ3n) is 5.11. The van der Waals surface area contributed by atoms with Gasteiger partial charge in [-0.05, 0) is 61.7 Å². The fourth-order valence-electron chi connectivity index (χ4n) is 3.32. The first kappa shape index (κ1) is 23.0. The third kappa shape index (κ3) is 4.64. The second-order valence-electron chi connectivity index (χ2n) is 7.32. The van der Waals surface area contributed by atoms with E-state index >= 15 is 0 Å². The van der Waals surface area contributed by atoms with Gasteiger partial charge in [0.1, 0.15) is 5.69 Å². The van der Waals surface area contributed by atoms with Crippen molar-refractivity contribution in [3.8, 4) is 11.3 Å². The number of pyridine rings is 1. The SMILES string of the molecule is COC(=O)c1ccc(C)c(NC(=O)c2nc(-c3cccc(C(F)(F)F)c3)ccc2C)c1C. The molecule has 0 spiro atoms. The summed E-state index contributed by atoms with van der Waals surface area (Å²) in [5, 5.41) is 2.78. The predicted octanol–water partition coefficient (Wildman–Crippen LogP) is 5.73. The zero-order chi connectivity index (χ0) is 23.6. The Morgan fingerprint density at radius 3 is 2.31 bits per heavy atom. The summed E-state index contributed by atoms with van der Waals surface area (Å²) in [4.78, 5) is 29.3. The van der Waals surface area contributed by atoms with Gasteiger partial charge in [0, 0.05) is 11.3 Å². The van der Waals surface area contributed by atoms with Gasteiger partial charge in [-0.3, -0.25) is 4.79 Å². The van der Waals surface area contributed by atoms with E-state index in [-0.39, 0.29) is 17.0 Å². The average Bonchev–Trinajstić information content (AvgIpc) is 2.76. The highest BCUT2D eigenvalue weighted by molar-refractivity contribution is 6.06. The summed E-state index contributed by atoms with van der Waals surface area (Å²) in [6.45, 7) is 5.15. The van der Waals surface area contributed by atoms with Crippen molar-refractivity contribution in [1.82, 2.24) is 4.98 Å². The summed E-state index contributed by atoms with van der Waals surface area (Å²) < 4.78 is 44.0. The van der Waals surface area contributed by atoms with Gasteiger partial charge in [0.15, 0.2) is 0 Å². The number of carbonyl (C=O) groups is 2. The summed E-state index contributed by atoms with van der Waals surface area (Å²) in [6, 6.07) is 11.3. The summed E-state index contributed by atoms with van der Waals surface area (Å²) in [6.07, 6.45) is -4.49. The van der Waals surface area contributed by atoms with E-state index in [4.69, 9.17) is 4.74 Å². The van der Waals surface area contributed by atoms with Crippen molar-refractivity contribution in [3.05, 3.63) is 82.0 Å². The minimum absolute atomic E-state index is 0.0715. The molecule has 1 amide bonds. The Morgan fingerprint density at radius 1 is 0.969 bits per heavy atom. The van der Waals surface area contributed by atoms with Crippen LogP contribution >= 0.6 is 0 Å². The first-order valence-corrected chi connectivity index (χ1v) is 9.68. The average molecular weight is 442 g/mol. The molecule has 0 aliphatic rings. The maximum absolute atomic E-state index is 13.1. The van der Waals surface area contributed by atoms with Crippen molar-refractivity contribution < 1.29 is 27.5 Å². The molecule has 2 aromatic carbocycles. The predicted molar refractivity (Wildman–Crippen MR) is 115 cm³/mol. The monoisotopic (exact) mass is 442 g/mol. The Morgan fingerprint density at radius 2 is 1.66 bits per heavy atom. The number of carbonyl (C=O) groups excluding carboxylic acids is 2. The fraction of sp³-hybridized carbons (Fsp3) is 0.208. The van der Waals surface area contributed by atoms with Gasteiger partial charge in [-0.25, -0.2) is 9.78 Å². The number of nitrogens with zero attached hydrogens (tertiary/aromatic N) is 1. The topological polar surface area (TPSA) is 68.3 Å². The van der Waals surface area contributed by atoms with Gasteiger partial charge < -0.3 is 10.1 Å². The molecule has 0 atom stereocenters. The van der Waals surface area contributed by atoms with Crippen LogP contribution in [0.15, 0.2) is 48.5 Å². The van der Waals surface area contributed by atoms with E-state index in [0.29, 0.717) is 22.4 Å². The molecule has 166 valence electrons. The first-order valence-electron chi connectivity index (χ1n) is 9.68. The van der Waals surface area contributed by atoms with Gasteiger partial charge in [0.2, 0.25) is 0 Å². The van der Waals surface area contributed by atoms with Crippen molar-refractivity contribution >= 4 is 17.6 Å². The van der Waals surface area contributed by atoms with Crippen LogP contribution in [0.5, 0.6) is 0 Å². The number of ether oxygens (including phenoxy) is 1. The van der Waals surface area contributed by atoms with Crippen LogP contribution in [-0.4, -0.2) is 24.0 Å². The highest BCUT2D eigenvalue weighted by Crippen LogP contribution is 2.32. The van der Waals surface area contributed by atoms with Crippen LogP contribution in [0, 0.1) is 20.8 Å². The molecule has 3 rings (SSSR count). The second-order valence-corrected chi connectivity index (χ2v) is 7.32. The number of esters is 1. The van der Waals surface area contributed by atoms with E-state index in [1.807, 2.05) is 0 Å². The fourth-order valence-corrected chi connectivity index (χ4v) is 3.32. The molecule has 0 saturated carbocycles. The Bertz CT molecular complexity index is 1200. The molecule has 8 heteroatoms. The lowest BCUT2D eigenvalue weighted by Gasteiger charge is -2.15. The lowest BCUT2D eigenvalue weighted by molar-refractivity contribution is -0.137. The number of hydrogen-bond acceptors (Lipinski definition) is 4. The van der Waals surface area contributed by atoms with Crippen molar-refractivity contribution in [2.75, 3.05) is 12.4 Å². The van der Waals surface area contributed by atoms with Crippen LogP contribution in [0.2, 0.25) is 0 Å². The van der Waals surface area contributed by atoms with Gasteiger partial charge in [-0.2, -0.15) is 13.2 Å². The molecule has 0 unspecified atom stereocenters. The van der Waals surface area contributed by atoms with Gasteiger partial charge in [0.05, 0.1) is 23.9 Å². The lowest BCUT2D eigenvalue weighted by Crippen LogP contribution is -2.18. The maximum atomic E-state index is 13.1. The summed E-state index contributed by atoms with van der Waals surface area (Å²) in [7, 11) is 1.27. The van der Waals surface area contributed by atoms with E-state index in [9.17, 15) is 22.8 Å². The van der Waals surface area contributed by atoms with Crippen LogP contribution in [0.4, 0.5) is 18.9 Å². The van der Waals surface area contributed by atoms with E-state index in [2.05, 4.69) is 10.3 Å². The molecular weight excluding hydrogens is 421 g/mol. The zero-order valence-corrected chi connectivity index (χ0v) is 17.9. The number of rotatable bonds is 4. The minimum atomic E-state index is -4.49. The van der Waals surface area contributed by atoms with Gasteiger partial charge in [0.25, 0.3) is 5.91 Å². The number of anilines is 1. The largest absolute Gasteiger partial charge is 0.465 e. The summed E-state index contributed by atoms with van der Waals surface area (Å²) in [5.74, 6) is -1.07. The lowest BCUT2D eigenvalue weighted by atomic mass is 10.0. The van der Waals surface area contributed by atoms with Crippen LogP contribution in [0.25, 0.3) is 11.3 Å². The number of amides is 1. The van der Waals surface area contributed by atoms with Gasteiger partial charge >= 0.3 is 12.1 Å². The molecule has 1 heterocycles. The quantitative estimate of drug-likeness (QED) is 0.524.